The van der Waals surface area contributed by atoms with Gasteiger partial charge in [-0.3, -0.25) is 4.68 Å². The molecule has 1 aromatic rings. The van der Waals surface area contributed by atoms with Crippen molar-refractivity contribution in [2.24, 2.45) is 0 Å². The Balaban J connectivity index is 1.79. The molecule has 4 heteroatoms. The van der Waals surface area contributed by atoms with Gasteiger partial charge in [0.25, 0.3) is 0 Å². The van der Waals surface area contributed by atoms with Crippen molar-refractivity contribution in [2.45, 2.75) is 19.1 Å². The fraction of sp³-hybridized carbons (Fsp3) is 0.667. The summed E-state index contributed by atoms with van der Waals surface area (Å²) in [5.74, 6) is 0. The predicted octanol–water partition coefficient (Wildman–Crippen LogP) is 0.0670. The van der Waals surface area contributed by atoms with Crippen LogP contribution in [0.5, 0.6) is 0 Å². The highest BCUT2D eigenvalue weighted by Gasteiger charge is 2.21. The zero-order valence-corrected chi connectivity index (χ0v) is 5.60. The van der Waals surface area contributed by atoms with Gasteiger partial charge in [-0.25, -0.2) is 4.98 Å². The van der Waals surface area contributed by atoms with Crippen LogP contribution in [-0.2, 0) is 11.3 Å². The van der Waals surface area contributed by atoms with Gasteiger partial charge in [-0.2, -0.15) is 5.10 Å². The molecule has 4 nitrogen and oxygen atoms in total. The third-order valence-electron chi connectivity index (χ3n) is 1.55. The molecule has 0 N–H and O–H groups in total. The topological polar surface area (TPSA) is 43.2 Å². The fourth-order valence-electron chi connectivity index (χ4n) is 0.859. The van der Waals surface area contributed by atoms with Crippen LogP contribution in [0, 0.1) is 0 Å². The van der Waals surface area contributed by atoms with Crippen LogP contribution in [0.4, 0.5) is 0 Å². The number of ether oxygens (including phenoxy) is 1. The molecule has 54 valence electrons. The maximum Gasteiger partial charge on any atom is 0.137 e. The molecule has 1 aromatic heterocycles. The number of rotatable bonds is 3. The van der Waals surface area contributed by atoms with Crippen LogP contribution in [0.15, 0.2) is 12.7 Å². The molecule has 0 saturated carbocycles. The summed E-state index contributed by atoms with van der Waals surface area (Å²) in [4.78, 5) is 3.83. The van der Waals surface area contributed by atoms with Crippen molar-refractivity contribution in [3.8, 4) is 0 Å². The standard InChI is InChI=1S/C6H9N3O/c1(6-3-10-6)2-9-5-7-4-8-9/h4-6H,1-3H2/t6-/m1/s1. The van der Waals surface area contributed by atoms with Gasteiger partial charge in [0.15, 0.2) is 0 Å². The second kappa shape index (κ2) is 2.38. The number of epoxide rings is 1. The van der Waals surface area contributed by atoms with E-state index in [0.717, 1.165) is 19.6 Å². The number of hydrogen-bond acceptors (Lipinski definition) is 3. The van der Waals surface area contributed by atoms with Gasteiger partial charge >= 0.3 is 0 Å². The van der Waals surface area contributed by atoms with Crippen LogP contribution >= 0.6 is 0 Å². The van der Waals surface area contributed by atoms with E-state index in [4.69, 9.17) is 4.74 Å². The molecule has 0 radical (unpaired) electrons. The number of nitrogens with zero attached hydrogens (tertiary/aromatic N) is 3. The summed E-state index contributed by atoms with van der Waals surface area (Å²) in [6, 6.07) is 0. The monoisotopic (exact) mass is 139 g/mol. The van der Waals surface area contributed by atoms with E-state index in [9.17, 15) is 0 Å². The minimum atomic E-state index is 0.490. The molecule has 0 aromatic carbocycles. The minimum absolute atomic E-state index is 0.490. The molecule has 1 saturated heterocycles. The summed E-state index contributed by atoms with van der Waals surface area (Å²) in [5.41, 5.74) is 0. The lowest BCUT2D eigenvalue weighted by molar-refractivity contribution is 0.380. The molecule has 0 bridgehead atoms. The Morgan fingerprint density at radius 2 is 2.60 bits per heavy atom. The second-order valence-corrected chi connectivity index (χ2v) is 2.40. The van der Waals surface area contributed by atoms with Crippen molar-refractivity contribution >= 4 is 0 Å². The van der Waals surface area contributed by atoms with Crippen LogP contribution < -0.4 is 0 Å². The molecule has 0 amide bonds. The molecule has 1 aliphatic heterocycles. The molecule has 0 aliphatic carbocycles. The Kier molecular flexibility index (Phi) is 1.39. The van der Waals surface area contributed by atoms with E-state index in [1.807, 2.05) is 4.68 Å². The van der Waals surface area contributed by atoms with E-state index in [1.54, 1.807) is 12.7 Å². The smallest absolute Gasteiger partial charge is 0.137 e. The van der Waals surface area contributed by atoms with Gasteiger partial charge in [-0.1, -0.05) is 0 Å². The first kappa shape index (κ1) is 5.85. The van der Waals surface area contributed by atoms with Gasteiger partial charge in [0.1, 0.15) is 12.7 Å². The van der Waals surface area contributed by atoms with E-state index < -0.39 is 0 Å². The van der Waals surface area contributed by atoms with E-state index in [0.29, 0.717) is 6.10 Å². The van der Waals surface area contributed by atoms with E-state index in [2.05, 4.69) is 10.1 Å². The highest BCUT2D eigenvalue weighted by Crippen LogP contribution is 2.13. The molecule has 0 unspecified atom stereocenters. The Hall–Kier alpha value is -0.900. The summed E-state index contributed by atoms with van der Waals surface area (Å²) in [6.07, 6.45) is 4.82. The highest BCUT2D eigenvalue weighted by atomic mass is 16.6. The van der Waals surface area contributed by atoms with Crippen LogP contribution in [-0.4, -0.2) is 27.5 Å². The average molecular weight is 139 g/mol. The largest absolute Gasteiger partial charge is 0.373 e. The summed E-state index contributed by atoms with van der Waals surface area (Å²) < 4.78 is 6.87. The first-order valence-electron chi connectivity index (χ1n) is 3.39. The Labute approximate surface area is 58.8 Å². The van der Waals surface area contributed by atoms with Crippen LogP contribution in [0.3, 0.4) is 0 Å². The third kappa shape index (κ3) is 1.33. The summed E-state index contributed by atoms with van der Waals surface area (Å²) >= 11 is 0. The average Bonchev–Trinajstić information content (AvgIpc) is 2.63. The van der Waals surface area contributed by atoms with Gasteiger partial charge in [0, 0.05) is 6.54 Å². The van der Waals surface area contributed by atoms with Gasteiger partial charge in [-0.05, 0) is 6.42 Å². The lowest BCUT2D eigenvalue weighted by atomic mass is 10.3. The molecular weight excluding hydrogens is 130 g/mol. The molecule has 1 aliphatic rings. The Morgan fingerprint density at radius 1 is 1.70 bits per heavy atom. The van der Waals surface area contributed by atoms with E-state index >= 15 is 0 Å². The van der Waals surface area contributed by atoms with E-state index in [1.165, 1.54) is 0 Å². The van der Waals surface area contributed by atoms with Crippen molar-refractivity contribution in [3.63, 3.8) is 0 Å². The van der Waals surface area contributed by atoms with Gasteiger partial charge in [-0.15, -0.1) is 0 Å². The molecule has 10 heavy (non-hydrogen) atoms. The molecule has 1 atom stereocenters. The summed E-state index contributed by atoms with van der Waals surface area (Å²) in [7, 11) is 0. The van der Waals surface area contributed by atoms with Gasteiger partial charge < -0.3 is 4.74 Å². The van der Waals surface area contributed by atoms with Crippen LogP contribution in [0.2, 0.25) is 0 Å². The number of aromatic nitrogens is 3. The van der Waals surface area contributed by atoms with Crippen LogP contribution in [0.25, 0.3) is 0 Å². The molecule has 1 fully saturated rings. The van der Waals surface area contributed by atoms with Gasteiger partial charge in [0.05, 0.1) is 12.7 Å². The number of hydrogen-bond donors (Lipinski definition) is 0. The predicted molar refractivity (Wildman–Crippen MR) is 34.4 cm³/mol. The lowest BCUT2D eigenvalue weighted by Crippen LogP contribution is -2.00. The van der Waals surface area contributed by atoms with Crippen molar-refractivity contribution in [1.82, 2.24) is 14.8 Å². The van der Waals surface area contributed by atoms with E-state index in [-0.39, 0.29) is 0 Å². The third-order valence-corrected chi connectivity index (χ3v) is 1.55. The maximum atomic E-state index is 5.05. The van der Waals surface area contributed by atoms with Crippen molar-refractivity contribution in [1.29, 1.82) is 0 Å². The van der Waals surface area contributed by atoms with Gasteiger partial charge in [0.2, 0.25) is 0 Å². The number of aryl methyl sites for hydroxylation is 1. The maximum absolute atomic E-state index is 5.05. The lowest BCUT2D eigenvalue weighted by Gasteiger charge is -1.94. The zero-order valence-electron chi connectivity index (χ0n) is 5.60. The Bertz CT molecular complexity index is 193. The normalized spacial score (nSPS) is 23.0. The SMILES string of the molecule is c1ncn(CC[C@@H]2CO2)n1. The van der Waals surface area contributed by atoms with Crippen molar-refractivity contribution < 1.29 is 4.74 Å². The fourth-order valence-corrected chi connectivity index (χ4v) is 0.859. The Morgan fingerprint density at radius 3 is 3.20 bits per heavy atom. The van der Waals surface area contributed by atoms with Crippen molar-refractivity contribution in [3.05, 3.63) is 12.7 Å². The van der Waals surface area contributed by atoms with Crippen molar-refractivity contribution in [2.75, 3.05) is 6.61 Å². The summed E-state index contributed by atoms with van der Waals surface area (Å²) in [6.45, 7) is 1.85. The van der Waals surface area contributed by atoms with Crippen LogP contribution in [0.1, 0.15) is 6.42 Å². The molecule has 0 spiro atoms. The first-order valence-corrected chi connectivity index (χ1v) is 3.39. The first-order chi connectivity index (χ1) is 4.95. The zero-order chi connectivity index (χ0) is 6.81. The molecule has 2 heterocycles. The second-order valence-electron chi connectivity index (χ2n) is 2.40. The summed E-state index contributed by atoms with van der Waals surface area (Å²) in [5, 5.41) is 3.97. The molecular formula is C6H9N3O. The highest BCUT2D eigenvalue weighted by molar-refractivity contribution is 4.69. The quantitative estimate of drug-likeness (QED) is 0.556. The minimum Gasteiger partial charge on any atom is -0.373 e. The molecule has 2 rings (SSSR count).